The molecule has 0 saturated heterocycles. The second-order valence-corrected chi connectivity index (χ2v) is 4.59. The van der Waals surface area contributed by atoms with E-state index in [1.54, 1.807) is 13.8 Å². The minimum absolute atomic E-state index is 0. The Morgan fingerprint density at radius 3 is 2.31 bits per heavy atom. The van der Waals surface area contributed by atoms with E-state index in [1.807, 2.05) is 0 Å². The minimum Gasteiger partial charge on any atom is -0.441 e. The average molecular weight is 256 g/mol. The van der Waals surface area contributed by atoms with Gasteiger partial charge in [0.1, 0.15) is 5.71 Å². The van der Waals surface area contributed by atoms with E-state index in [4.69, 9.17) is 14.2 Å². The number of oxime groups is 1. The summed E-state index contributed by atoms with van der Waals surface area (Å²) in [7, 11) is -4.35. The van der Waals surface area contributed by atoms with Gasteiger partial charge in [-0.15, -0.1) is 0 Å². The molecule has 0 aliphatic carbocycles. The molecule has 1 radical (unpaired) electrons. The van der Waals surface area contributed by atoms with Crippen molar-refractivity contribution in [3.05, 3.63) is 17.9 Å². The summed E-state index contributed by atoms with van der Waals surface area (Å²) in [5.74, 6) is -0.0180. The molecular formula is C8H11NNaO5S. The van der Waals surface area contributed by atoms with Crippen molar-refractivity contribution < 1.29 is 22.6 Å². The maximum atomic E-state index is 10.7. The van der Waals surface area contributed by atoms with Gasteiger partial charge in [0.05, 0.1) is 0 Å². The van der Waals surface area contributed by atoms with Gasteiger partial charge in [-0.3, -0.25) is 4.55 Å². The Kier molecular flexibility index (Phi) is 5.71. The van der Waals surface area contributed by atoms with Gasteiger partial charge >= 0.3 is 10.1 Å². The van der Waals surface area contributed by atoms with Crippen LogP contribution in [-0.4, -0.2) is 53.4 Å². The van der Waals surface area contributed by atoms with E-state index < -0.39 is 15.2 Å². The molecule has 0 spiro atoms. The van der Waals surface area contributed by atoms with Crippen LogP contribution in [0.5, 0.6) is 0 Å². The molecule has 1 heterocycles. The normalized spacial score (nSPS) is 12.6. The monoisotopic (exact) mass is 256 g/mol. The fourth-order valence-electron chi connectivity index (χ4n) is 1.05. The van der Waals surface area contributed by atoms with Crippen molar-refractivity contribution in [2.24, 2.45) is 11.1 Å². The third kappa shape index (κ3) is 3.60. The molecule has 16 heavy (non-hydrogen) atoms. The summed E-state index contributed by atoms with van der Waals surface area (Å²) in [6, 6.07) is 2.41. The summed E-state index contributed by atoms with van der Waals surface area (Å²) < 4.78 is 34.9. The Bertz CT molecular complexity index is 476. The van der Waals surface area contributed by atoms with Gasteiger partial charge in [-0.05, 0) is 12.1 Å². The summed E-state index contributed by atoms with van der Waals surface area (Å²) >= 11 is 0. The van der Waals surface area contributed by atoms with Crippen LogP contribution in [0.15, 0.2) is 26.8 Å². The van der Waals surface area contributed by atoms with E-state index in [0.717, 1.165) is 6.07 Å². The maximum absolute atomic E-state index is 10.7. The Morgan fingerprint density at radius 1 is 1.44 bits per heavy atom. The number of nitrogens with zero attached hydrogens (tertiary/aromatic N) is 1. The van der Waals surface area contributed by atoms with E-state index in [9.17, 15) is 8.42 Å². The first-order valence-corrected chi connectivity index (χ1v) is 5.60. The van der Waals surface area contributed by atoms with Crippen molar-refractivity contribution in [2.75, 3.05) is 0 Å². The SMILES string of the molecule is CC(C)C(=NO)c1ccc(S(=O)(=O)O)o1.[Na]. The molecule has 1 aromatic heterocycles. The zero-order valence-corrected chi connectivity index (χ0v) is 12.0. The molecule has 6 nitrogen and oxygen atoms in total. The topological polar surface area (TPSA) is 100 Å². The number of hydrogen-bond donors (Lipinski definition) is 2. The molecule has 0 fully saturated rings. The van der Waals surface area contributed by atoms with Gasteiger partial charge in [0.2, 0.25) is 5.09 Å². The van der Waals surface area contributed by atoms with Crippen molar-refractivity contribution >= 4 is 45.4 Å². The van der Waals surface area contributed by atoms with Crippen LogP contribution < -0.4 is 0 Å². The third-order valence-electron chi connectivity index (χ3n) is 1.74. The smallest absolute Gasteiger partial charge is 0.328 e. The van der Waals surface area contributed by atoms with Gasteiger partial charge in [-0.25, -0.2) is 0 Å². The molecule has 0 bridgehead atoms. The van der Waals surface area contributed by atoms with Crippen LogP contribution in [0.3, 0.4) is 0 Å². The third-order valence-corrected chi connectivity index (χ3v) is 2.47. The van der Waals surface area contributed by atoms with Crippen molar-refractivity contribution in [3.63, 3.8) is 0 Å². The largest absolute Gasteiger partial charge is 0.441 e. The Labute approximate surface area is 115 Å². The molecule has 2 N–H and O–H groups in total. The molecule has 85 valence electrons. The molecule has 0 unspecified atom stereocenters. The summed E-state index contributed by atoms with van der Waals surface area (Å²) in [5.41, 5.74) is 0.213. The van der Waals surface area contributed by atoms with Crippen molar-refractivity contribution in [1.29, 1.82) is 0 Å². The van der Waals surface area contributed by atoms with E-state index >= 15 is 0 Å². The zero-order valence-electron chi connectivity index (χ0n) is 9.21. The van der Waals surface area contributed by atoms with Crippen LogP contribution in [-0.2, 0) is 10.1 Å². The van der Waals surface area contributed by atoms with Crippen LogP contribution in [0.1, 0.15) is 19.6 Å². The zero-order chi connectivity index (χ0) is 11.6. The minimum atomic E-state index is -4.35. The quantitative estimate of drug-likeness (QED) is 0.276. The molecule has 0 amide bonds. The number of rotatable bonds is 3. The predicted molar refractivity (Wildman–Crippen MR) is 57.4 cm³/mol. The second-order valence-electron chi connectivity index (χ2n) is 3.23. The Balaban J connectivity index is 0.00000225. The Morgan fingerprint density at radius 2 is 2.00 bits per heavy atom. The Hall–Kier alpha value is -0.340. The van der Waals surface area contributed by atoms with Crippen LogP contribution >= 0.6 is 0 Å². The van der Waals surface area contributed by atoms with Crippen LogP contribution in [0.2, 0.25) is 0 Å². The first-order chi connectivity index (χ1) is 6.86. The number of furan rings is 1. The fourth-order valence-corrected chi connectivity index (χ4v) is 1.48. The van der Waals surface area contributed by atoms with Gasteiger partial charge in [0.25, 0.3) is 0 Å². The molecule has 1 aromatic rings. The molecule has 0 aliphatic rings. The van der Waals surface area contributed by atoms with Crippen molar-refractivity contribution in [1.82, 2.24) is 0 Å². The molecule has 1 rings (SSSR count). The summed E-state index contributed by atoms with van der Waals surface area (Å²) in [5, 5.41) is 11.1. The predicted octanol–water partition coefficient (Wildman–Crippen LogP) is 0.980. The fraction of sp³-hybridized carbons (Fsp3) is 0.375. The second kappa shape index (κ2) is 5.83. The molecule has 0 saturated carbocycles. The van der Waals surface area contributed by atoms with Crippen LogP contribution in [0.25, 0.3) is 0 Å². The molecule has 0 aromatic carbocycles. The molecular weight excluding hydrogens is 245 g/mol. The van der Waals surface area contributed by atoms with Gasteiger partial charge in [0, 0.05) is 35.5 Å². The van der Waals surface area contributed by atoms with E-state index in [1.165, 1.54) is 6.07 Å². The molecule has 8 heteroatoms. The summed E-state index contributed by atoms with van der Waals surface area (Å²) in [6.45, 7) is 3.51. The van der Waals surface area contributed by atoms with Crippen LogP contribution in [0, 0.1) is 5.92 Å². The van der Waals surface area contributed by atoms with Gasteiger partial charge < -0.3 is 9.62 Å². The van der Waals surface area contributed by atoms with Gasteiger partial charge in [-0.1, -0.05) is 19.0 Å². The van der Waals surface area contributed by atoms with Gasteiger partial charge in [-0.2, -0.15) is 8.42 Å². The maximum Gasteiger partial charge on any atom is 0.328 e. The first kappa shape index (κ1) is 15.7. The summed E-state index contributed by atoms with van der Waals surface area (Å²) in [4.78, 5) is 0. The van der Waals surface area contributed by atoms with Crippen LogP contribution in [0.4, 0.5) is 0 Å². The molecule has 0 aliphatic heterocycles. The average Bonchev–Trinajstić information content (AvgIpc) is 2.52. The van der Waals surface area contributed by atoms with Crippen molar-refractivity contribution in [2.45, 2.75) is 18.9 Å². The van der Waals surface area contributed by atoms with E-state index in [0.29, 0.717) is 0 Å². The van der Waals surface area contributed by atoms with Gasteiger partial charge in [0.15, 0.2) is 5.76 Å². The standard InChI is InChI=1S/C8H11NO5S.Na/c1-5(2)8(9-10)6-3-4-7(14-6)15(11,12)13;/h3-5,10H,1-2H3,(H,11,12,13);. The van der Waals surface area contributed by atoms with E-state index in [2.05, 4.69) is 5.16 Å². The first-order valence-electron chi connectivity index (χ1n) is 4.16. The molecule has 0 atom stereocenters. The number of hydrogen-bond acceptors (Lipinski definition) is 5. The summed E-state index contributed by atoms with van der Waals surface area (Å²) in [6.07, 6.45) is 0. The van der Waals surface area contributed by atoms with E-state index in [-0.39, 0.29) is 46.9 Å². The van der Waals surface area contributed by atoms with Crippen molar-refractivity contribution in [3.8, 4) is 0 Å².